The molecule has 2 bridgehead atoms. The molecule has 0 radical (unpaired) electrons. The Morgan fingerprint density at radius 3 is 2.74 bits per heavy atom. The zero-order valence-electron chi connectivity index (χ0n) is 15.2. The van der Waals surface area contributed by atoms with Gasteiger partial charge in [0.15, 0.2) is 0 Å². The average Bonchev–Trinajstić information content (AvgIpc) is 2.96. The normalized spacial score (nSPS) is 21.0. The van der Waals surface area contributed by atoms with E-state index in [0.29, 0.717) is 12.2 Å². The largest absolute Gasteiger partial charge is 0.497 e. The molecule has 5 heteroatoms. The van der Waals surface area contributed by atoms with Gasteiger partial charge in [0, 0.05) is 12.1 Å². The van der Waals surface area contributed by atoms with Gasteiger partial charge in [0.2, 0.25) is 0 Å². The number of nitrogens with zero attached hydrogens (tertiary/aromatic N) is 1. The van der Waals surface area contributed by atoms with Gasteiger partial charge in [0.1, 0.15) is 18.2 Å². The lowest BCUT2D eigenvalue weighted by Gasteiger charge is -2.33. The highest BCUT2D eigenvalue weighted by Gasteiger charge is 2.40. The lowest BCUT2D eigenvalue weighted by Crippen LogP contribution is -2.43. The number of rotatable bonds is 4. The van der Waals surface area contributed by atoms with Crippen LogP contribution in [0, 0.1) is 5.82 Å². The van der Waals surface area contributed by atoms with Gasteiger partial charge in [0.05, 0.1) is 13.2 Å². The molecule has 2 aliphatic heterocycles. The van der Waals surface area contributed by atoms with Gasteiger partial charge in [-0.2, -0.15) is 0 Å². The van der Waals surface area contributed by atoms with Crippen LogP contribution in [0.3, 0.4) is 0 Å². The molecule has 0 aliphatic carbocycles. The minimum atomic E-state index is -0.317. The number of fused-ring (bicyclic) bond motifs is 2. The monoisotopic (exact) mass is 367 g/mol. The molecule has 2 aromatic carbocycles. The predicted molar refractivity (Wildman–Crippen MR) is 101 cm³/mol. The zero-order chi connectivity index (χ0) is 18.8. The Hall–Kier alpha value is -2.82. The van der Waals surface area contributed by atoms with Crippen molar-refractivity contribution in [3.63, 3.8) is 0 Å². The van der Waals surface area contributed by atoms with Crippen LogP contribution in [0.15, 0.2) is 54.6 Å². The quantitative estimate of drug-likeness (QED) is 0.780. The second kappa shape index (κ2) is 7.43. The highest BCUT2D eigenvalue weighted by Crippen LogP contribution is 2.39. The Kier molecular flexibility index (Phi) is 4.84. The number of hydrogen-bond acceptors (Lipinski definition) is 3. The van der Waals surface area contributed by atoms with E-state index >= 15 is 0 Å². The Bertz CT molecular complexity index is 865. The van der Waals surface area contributed by atoms with Crippen LogP contribution in [0.4, 0.5) is 9.18 Å². The first-order valence-electron chi connectivity index (χ1n) is 9.18. The molecule has 2 heterocycles. The molecule has 0 saturated carbocycles. The number of carbonyl (C=O) groups is 1. The van der Waals surface area contributed by atoms with Gasteiger partial charge < -0.3 is 9.47 Å². The van der Waals surface area contributed by atoms with Gasteiger partial charge >= 0.3 is 6.09 Å². The van der Waals surface area contributed by atoms with Crippen molar-refractivity contribution in [2.45, 2.75) is 38.0 Å². The third-order valence-electron chi connectivity index (χ3n) is 5.29. The van der Waals surface area contributed by atoms with Crippen LogP contribution in [0.1, 0.15) is 30.4 Å². The Balaban J connectivity index is 1.49. The molecular formula is C22H22FNO3. The molecule has 0 aromatic heterocycles. The average molecular weight is 367 g/mol. The fraction of sp³-hybridized carbons (Fsp3) is 0.318. The molecule has 2 unspecified atom stereocenters. The molecule has 2 aliphatic rings. The van der Waals surface area contributed by atoms with Crippen LogP contribution < -0.4 is 4.74 Å². The number of carbonyl (C=O) groups excluding carboxylic acids is 1. The molecular weight excluding hydrogens is 345 g/mol. The second-order valence-electron chi connectivity index (χ2n) is 7.02. The van der Waals surface area contributed by atoms with E-state index < -0.39 is 0 Å². The van der Waals surface area contributed by atoms with Crippen molar-refractivity contribution in [3.05, 3.63) is 71.6 Å². The molecule has 4 rings (SSSR count). The van der Waals surface area contributed by atoms with Gasteiger partial charge in [-0.1, -0.05) is 36.4 Å². The summed E-state index contributed by atoms with van der Waals surface area (Å²) in [5.41, 5.74) is 2.85. The summed E-state index contributed by atoms with van der Waals surface area (Å²) in [6.07, 6.45) is 4.32. The van der Waals surface area contributed by atoms with E-state index in [2.05, 4.69) is 6.08 Å². The molecule has 0 N–H and O–H groups in total. The number of benzene rings is 2. The summed E-state index contributed by atoms with van der Waals surface area (Å²) in [6, 6.07) is 14.5. The smallest absolute Gasteiger partial charge is 0.410 e. The van der Waals surface area contributed by atoms with Gasteiger partial charge in [-0.3, -0.25) is 4.90 Å². The van der Waals surface area contributed by atoms with Gasteiger partial charge in [-0.05, 0) is 48.1 Å². The molecule has 0 spiro atoms. The summed E-state index contributed by atoms with van der Waals surface area (Å²) in [4.78, 5) is 14.5. The van der Waals surface area contributed by atoms with Crippen LogP contribution in [0.25, 0.3) is 5.57 Å². The van der Waals surface area contributed by atoms with Crippen molar-refractivity contribution < 1.29 is 18.7 Å². The first kappa shape index (κ1) is 17.6. The lowest BCUT2D eigenvalue weighted by atomic mass is 9.94. The van der Waals surface area contributed by atoms with Gasteiger partial charge in [-0.15, -0.1) is 0 Å². The van der Waals surface area contributed by atoms with Crippen molar-refractivity contribution in [1.29, 1.82) is 0 Å². The van der Waals surface area contributed by atoms with Crippen LogP contribution >= 0.6 is 0 Å². The molecule has 1 fully saturated rings. The van der Waals surface area contributed by atoms with Crippen LogP contribution in [-0.4, -0.2) is 30.2 Å². The third-order valence-corrected chi connectivity index (χ3v) is 5.29. The van der Waals surface area contributed by atoms with Gasteiger partial charge in [0.25, 0.3) is 0 Å². The summed E-state index contributed by atoms with van der Waals surface area (Å²) >= 11 is 0. The number of halogens is 1. The van der Waals surface area contributed by atoms with E-state index in [-0.39, 0.29) is 30.6 Å². The standard InChI is InChI=1S/C22H22FNO3/c1-26-21-12-16(9-18(23)13-21)17-10-19-7-8-20(11-17)24(19)22(25)27-14-15-5-3-2-4-6-15/h2-6,9-10,12-13,19-20H,7-8,11,14H2,1H3. The Morgan fingerprint density at radius 2 is 2.00 bits per heavy atom. The molecule has 2 aromatic rings. The van der Waals surface area contributed by atoms with Crippen LogP contribution in [0.2, 0.25) is 0 Å². The van der Waals surface area contributed by atoms with Gasteiger partial charge in [-0.25, -0.2) is 9.18 Å². The minimum absolute atomic E-state index is 0.00344. The summed E-state index contributed by atoms with van der Waals surface area (Å²) in [6.45, 7) is 0.271. The maximum Gasteiger partial charge on any atom is 0.410 e. The topological polar surface area (TPSA) is 38.8 Å². The second-order valence-corrected chi connectivity index (χ2v) is 7.02. The van der Waals surface area contributed by atoms with Crippen molar-refractivity contribution >= 4 is 11.7 Å². The van der Waals surface area contributed by atoms with Crippen molar-refractivity contribution in [2.75, 3.05) is 7.11 Å². The number of ether oxygens (including phenoxy) is 2. The number of amides is 1. The van der Waals surface area contributed by atoms with E-state index in [4.69, 9.17) is 9.47 Å². The van der Waals surface area contributed by atoms with E-state index in [9.17, 15) is 9.18 Å². The van der Waals surface area contributed by atoms with E-state index in [1.54, 1.807) is 0 Å². The third kappa shape index (κ3) is 3.68. The SMILES string of the molecule is COc1cc(F)cc(C2=CC3CCC(C2)N3C(=O)OCc2ccccc2)c1. The summed E-state index contributed by atoms with van der Waals surface area (Å²) in [7, 11) is 1.53. The summed E-state index contributed by atoms with van der Waals surface area (Å²) < 4.78 is 24.6. The summed E-state index contributed by atoms with van der Waals surface area (Å²) in [5.74, 6) is 0.185. The van der Waals surface area contributed by atoms with E-state index in [1.807, 2.05) is 41.3 Å². The first-order valence-corrected chi connectivity index (χ1v) is 9.18. The van der Waals surface area contributed by atoms with E-state index in [0.717, 1.165) is 29.5 Å². The molecule has 140 valence electrons. The maximum absolute atomic E-state index is 13.9. The zero-order valence-corrected chi connectivity index (χ0v) is 15.2. The Labute approximate surface area is 158 Å². The van der Waals surface area contributed by atoms with Crippen molar-refractivity contribution in [3.8, 4) is 5.75 Å². The number of methoxy groups -OCH3 is 1. The molecule has 4 nitrogen and oxygen atoms in total. The van der Waals surface area contributed by atoms with Crippen LogP contribution in [-0.2, 0) is 11.3 Å². The minimum Gasteiger partial charge on any atom is -0.497 e. The Morgan fingerprint density at radius 1 is 1.19 bits per heavy atom. The fourth-order valence-electron chi connectivity index (χ4n) is 3.99. The lowest BCUT2D eigenvalue weighted by molar-refractivity contribution is 0.0832. The number of hydrogen-bond donors (Lipinski definition) is 0. The highest BCUT2D eigenvalue weighted by molar-refractivity contribution is 5.75. The first-order chi connectivity index (χ1) is 13.1. The van der Waals surface area contributed by atoms with Crippen LogP contribution in [0.5, 0.6) is 5.75 Å². The highest BCUT2D eigenvalue weighted by atomic mass is 19.1. The maximum atomic E-state index is 13.9. The predicted octanol–water partition coefficient (Wildman–Crippen LogP) is 4.79. The molecule has 1 amide bonds. The van der Waals surface area contributed by atoms with Crippen molar-refractivity contribution in [1.82, 2.24) is 4.90 Å². The van der Waals surface area contributed by atoms with Crippen molar-refractivity contribution in [2.24, 2.45) is 0 Å². The molecule has 1 saturated heterocycles. The van der Waals surface area contributed by atoms with E-state index in [1.165, 1.54) is 19.2 Å². The fourth-order valence-corrected chi connectivity index (χ4v) is 3.99. The summed E-state index contributed by atoms with van der Waals surface area (Å²) in [5, 5.41) is 0. The molecule has 27 heavy (non-hydrogen) atoms. The molecule has 2 atom stereocenters.